The highest BCUT2D eigenvalue weighted by Gasteiger charge is 2.68. The summed E-state index contributed by atoms with van der Waals surface area (Å²) >= 11 is 0. The van der Waals surface area contributed by atoms with E-state index in [4.69, 9.17) is 4.74 Å². The Morgan fingerprint density at radius 1 is 1.32 bits per heavy atom. The molecule has 0 radical (unpaired) electrons. The molecular formula is C17H19FN2O5. The SMILES string of the molecule is CCN1C(=O)[C@H]2[C@@H](c3ccc(F)cc3)N[C@@](CO)(C(=O)OC)[C@@H]2C1=O. The van der Waals surface area contributed by atoms with Crippen LogP contribution < -0.4 is 5.32 Å². The first-order valence-electron chi connectivity index (χ1n) is 7.99. The Kier molecular flexibility index (Phi) is 4.34. The summed E-state index contributed by atoms with van der Waals surface area (Å²) in [5.41, 5.74) is -1.16. The lowest BCUT2D eigenvalue weighted by Crippen LogP contribution is -2.58. The number of nitrogens with one attached hydrogen (secondary N) is 1. The van der Waals surface area contributed by atoms with E-state index in [1.165, 1.54) is 24.3 Å². The maximum absolute atomic E-state index is 13.2. The largest absolute Gasteiger partial charge is 0.468 e. The van der Waals surface area contributed by atoms with Crippen molar-refractivity contribution in [1.29, 1.82) is 0 Å². The Morgan fingerprint density at radius 2 is 1.96 bits per heavy atom. The van der Waals surface area contributed by atoms with Gasteiger partial charge in [-0.1, -0.05) is 12.1 Å². The van der Waals surface area contributed by atoms with E-state index in [9.17, 15) is 23.9 Å². The number of likely N-dealkylation sites (tertiary alicyclic amines) is 1. The number of aliphatic hydroxyl groups is 1. The number of halogens is 1. The van der Waals surface area contributed by atoms with Gasteiger partial charge in [0.25, 0.3) is 0 Å². The Morgan fingerprint density at radius 3 is 2.48 bits per heavy atom. The standard InChI is InChI=1S/C17H19FN2O5/c1-3-20-14(22)11-12(15(20)23)17(8-21,16(24)25-2)19-13(11)9-4-6-10(18)7-5-9/h4-7,11-13,19,21H,3,8H2,1-2H3/t11-,12+,13-,17-/m1/s1. The van der Waals surface area contributed by atoms with Gasteiger partial charge >= 0.3 is 5.97 Å². The van der Waals surface area contributed by atoms with Crippen LogP contribution in [0.15, 0.2) is 24.3 Å². The van der Waals surface area contributed by atoms with E-state index >= 15 is 0 Å². The summed E-state index contributed by atoms with van der Waals surface area (Å²) in [5, 5.41) is 12.9. The molecule has 25 heavy (non-hydrogen) atoms. The van der Waals surface area contributed by atoms with E-state index < -0.39 is 53.6 Å². The average molecular weight is 350 g/mol. The summed E-state index contributed by atoms with van der Waals surface area (Å²) in [6, 6.07) is 4.73. The molecule has 0 aliphatic carbocycles. The highest BCUT2D eigenvalue weighted by molar-refractivity contribution is 6.09. The van der Waals surface area contributed by atoms with Crippen LogP contribution in [0.3, 0.4) is 0 Å². The first-order valence-corrected chi connectivity index (χ1v) is 7.99. The van der Waals surface area contributed by atoms with Gasteiger partial charge in [0.2, 0.25) is 11.8 Å². The Balaban J connectivity index is 2.13. The van der Waals surface area contributed by atoms with Crippen molar-refractivity contribution >= 4 is 17.8 Å². The molecule has 1 aromatic rings. The summed E-state index contributed by atoms with van der Waals surface area (Å²) in [5.74, 6) is -4.14. The van der Waals surface area contributed by atoms with Crippen LogP contribution in [0.1, 0.15) is 18.5 Å². The quantitative estimate of drug-likeness (QED) is 0.586. The third-order valence-electron chi connectivity index (χ3n) is 5.09. The van der Waals surface area contributed by atoms with Gasteiger partial charge in [-0.3, -0.25) is 19.8 Å². The van der Waals surface area contributed by atoms with Crippen LogP contribution in [-0.2, 0) is 19.1 Å². The monoisotopic (exact) mass is 350 g/mol. The lowest BCUT2D eigenvalue weighted by atomic mass is 9.79. The first kappa shape index (κ1) is 17.5. The molecule has 8 heteroatoms. The first-order chi connectivity index (χ1) is 11.9. The fourth-order valence-corrected chi connectivity index (χ4v) is 3.91. The van der Waals surface area contributed by atoms with Gasteiger partial charge in [0.1, 0.15) is 5.82 Å². The van der Waals surface area contributed by atoms with Gasteiger partial charge < -0.3 is 9.84 Å². The molecule has 2 heterocycles. The van der Waals surface area contributed by atoms with Crippen LogP contribution in [0.2, 0.25) is 0 Å². The van der Waals surface area contributed by atoms with Gasteiger partial charge in [-0.05, 0) is 24.6 Å². The molecule has 0 bridgehead atoms. The van der Waals surface area contributed by atoms with Gasteiger partial charge in [-0.2, -0.15) is 0 Å². The second-order valence-corrected chi connectivity index (χ2v) is 6.22. The predicted molar refractivity (Wildman–Crippen MR) is 83.5 cm³/mol. The number of carbonyl (C=O) groups is 3. The van der Waals surface area contributed by atoms with Crippen molar-refractivity contribution in [2.24, 2.45) is 11.8 Å². The van der Waals surface area contributed by atoms with Gasteiger partial charge in [0.05, 0.1) is 25.6 Å². The lowest BCUT2D eigenvalue weighted by Gasteiger charge is -2.30. The van der Waals surface area contributed by atoms with Crippen LogP contribution in [0, 0.1) is 17.7 Å². The number of methoxy groups -OCH3 is 1. The van der Waals surface area contributed by atoms with Crippen LogP contribution in [0.25, 0.3) is 0 Å². The van der Waals surface area contributed by atoms with Crippen molar-refractivity contribution in [3.63, 3.8) is 0 Å². The minimum absolute atomic E-state index is 0.170. The van der Waals surface area contributed by atoms with Crippen molar-refractivity contribution < 1.29 is 28.6 Å². The molecule has 2 fully saturated rings. The van der Waals surface area contributed by atoms with Crippen LogP contribution in [-0.4, -0.2) is 53.6 Å². The topological polar surface area (TPSA) is 95.9 Å². The molecule has 7 nitrogen and oxygen atoms in total. The Hall–Kier alpha value is -2.32. The van der Waals surface area contributed by atoms with E-state index in [2.05, 4.69) is 5.32 Å². The summed E-state index contributed by atoms with van der Waals surface area (Å²) in [6.45, 7) is 1.13. The number of nitrogens with zero attached hydrogens (tertiary/aromatic N) is 1. The van der Waals surface area contributed by atoms with Crippen molar-refractivity contribution in [2.75, 3.05) is 20.3 Å². The number of fused-ring (bicyclic) bond motifs is 1. The second-order valence-electron chi connectivity index (χ2n) is 6.22. The number of benzene rings is 1. The van der Waals surface area contributed by atoms with E-state index in [-0.39, 0.29) is 6.54 Å². The zero-order chi connectivity index (χ0) is 18.4. The van der Waals surface area contributed by atoms with Gasteiger partial charge in [0.15, 0.2) is 5.54 Å². The normalized spacial score (nSPS) is 31.4. The van der Waals surface area contributed by atoms with Crippen molar-refractivity contribution in [2.45, 2.75) is 18.5 Å². The predicted octanol–water partition coefficient (Wildman–Crippen LogP) is -0.00480. The molecule has 0 unspecified atom stereocenters. The van der Waals surface area contributed by atoms with E-state index in [0.717, 1.165) is 12.0 Å². The fourth-order valence-electron chi connectivity index (χ4n) is 3.91. The van der Waals surface area contributed by atoms with Crippen molar-refractivity contribution in [1.82, 2.24) is 10.2 Å². The number of imide groups is 1. The second kappa shape index (κ2) is 6.20. The number of amides is 2. The highest BCUT2D eigenvalue weighted by atomic mass is 19.1. The zero-order valence-corrected chi connectivity index (χ0v) is 13.9. The molecule has 4 atom stereocenters. The van der Waals surface area contributed by atoms with Crippen molar-refractivity contribution in [3.05, 3.63) is 35.6 Å². The number of hydrogen-bond donors (Lipinski definition) is 2. The molecule has 0 saturated carbocycles. The Bertz CT molecular complexity index is 722. The third kappa shape index (κ3) is 2.36. The maximum Gasteiger partial charge on any atom is 0.329 e. The van der Waals surface area contributed by atoms with Crippen LogP contribution in [0.4, 0.5) is 4.39 Å². The molecule has 2 amide bonds. The number of esters is 1. The summed E-state index contributed by atoms with van der Waals surface area (Å²) in [7, 11) is 1.15. The lowest BCUT2D eigenvalue weighted by molar-refractivity contribution is -0.156. The summed E-state index contributed by atoms with van der Waals surface area (Å²) in [4.78, 5) is 39.0. The molecule has 2 aliphatic rings. The summed E-state index contributed by atoms with van der Waals surface area (Å²) < 4.78 is 18.0. The number of carbonyl (C=O) groups excluding carboxylic acids is 3. The van der Waals surface area contributed by atoms with Crippen LogP contribution in [0.5, 0.6) is 0 Å². The van der Waals surface area contributed by atoms with E-state index in [0.29, 0.717) is 5.56 Å². The average Bonchev–Trinajstić information content (AvgIpc) is 3.10. The number of ether oxygens (including phenoxy) is 1. The van der Waals surface area contributed by atoms with Gasteiger partial charge in [-0.15, -0.1) is 0 Å². The molecule has 3 rings (SSSR count). The molecule has 2 aliphatic heterocycles. The van der Waals surface area contributed by atoms with Crippen LogP contribution >= 0.6 is 0 Å². The highest BCUT2D eigenvalue weighted by Crippen LogP contribution is 2.48. The van der Waals surface area contributed by atoms with E-state index in [1.54, 1.807) is 6.92 Å². The molecule has 2 saturated heterocycles. The zero-order valence-electron chi connectivity index (χ0n) is 13.9. The number of aliphatic hydroxyl groups excluding tert-OH is 1. The number of rotatable bonds is 4. The molecule has 0 spiro atoms. The molecular weight excluding hydrogens is 331 g/mol. The smallest absolute Gasteiger partial charge is 0.329 e. The van der Waals surface area contributed by atoms with Gasteiger partial charge in [-0.25, -0.2) is 9.18 Å². The maximum atomic E-state index is 13.2. The third-order valence-corrected chi connectivity index (χ3v) is 5.09. The Labute approximate surface area is 143 Å². The van der Waals surface area contributed by atoms with Crippen molar-refractivity contribution in [3.8, 4) is 0 Å². The minimum Gasteiger partial charge on any atom is -0.468 e. The molecule has 2 N–H and O–H groups in total. The number of hydrogen-bond acceptors (Lipinski definition) is 6. The van der Waals surface area contributed by atoms with Gasteiger partial charge in [0, 0.05) is 12.6 Å². The van der Waals surface area contributed by atoms with E-state index in [1.807, 2.05) is 0 Å². The molecule has 134 valence electrons. The summed E-state index contributed by atoms with van der Waals surface area (Å²) in [6.07, 6.45) is 0. The molecule has 1 aromatic carbocycles. The minimum atomic E-state index is -1.71. The molecule has 0 aromatic heterocycles. The fraction of sp³-hybridized carbons (Fsp3) is 0.471.